The van der Waals surface area contributed by atoms with Crippen molar-refractivity contribution in [2.24, 2.45) is 4.99 Å². The van der Waals surface area contributed by atoms with Gasteiger partial charge in [0.15, 0.2) is 5.17 Å². The first kappa shape index (κ1) is 15.1. The fourth-order valence-electron chi connectivity index (χ4n) is 1.87. The Morgan fingerprint density at radius 2 is 2.40 bits per heavy atom. The molecule has 1 aromatic rings. The van der Waals surface area contributed by atoms with Crippen LogP contribution in [0.3, 0.4) is 0 Å². The molecule has 1 aliphatic heterocycles. The molecule has 0 aliphatic carbocycles. The summed E-state index contributed by atoms with van der Waals surface area (Å²) in [5.41, 5.74) is 1.67. The van der Waals surface area contributed by atoms with Gasteiger partial charge in [0.05, 0.1) is 17.2 Å². The van der Waals surface area contributed by atoms with Gasteiger partial charge in [-0.25, -0.2) is 4.99 Å². The second kappa shape index (κ2) is 6.41. The van der Waals surface area contributed by atoms with Crippen molar-refractivity contribution in [3.8, 4) is 0 Å². The van der Waals surface area contributed by atoms with Gasteiger partial charge in [-0.3, -0.25) is 10.1 Å². The number of benzene rings is 1. The quantitative estimate of drug-likeness (QED) is 0.607. The molecule has 2 rings (SSSR count). The van der Waals surface area contributed by atoms with Gasteiger partial charge < -0.3 is 4.90 Å². The number of nitro benzene ring substituents is 1. The lowest BCUT2D eigenvalue weighted by atomic mass is 10.2. The Labute approximate surface area is 130 Å². The van der Waals surface area contributed by atoms with Crippen molar-refractivity contribution < 1.29 is 4.92 Å². The van der Waals surface area contributed by atoms with E-state index in [1.807, 2.05) is 6.92 Å². The maximum Gasteiger partial charge on any atom is 0.269 e. The number of non-ortho nitro benzene ring substituents is 1. The molecule has 1 fully saturated rings. The molecule has 106 valence electrons. The van der Waals surface area contributed by atoms with Gasteiger partial charge in [0.1, 0.15) is 0 Å². The molecular weight excluding hydrogens is 342 g/mol. The lowest BCUT2D eigenvalue weighted by Gasteiger charge is -2.17. The SMILES string of the molecule is C=C(Br)CN1CCSC1=Nc1ccc([N+](=O)[O-])cc1C. The summed E-state index contributed by atoms with van der Waals surface area (Å²) in [5.74, 6) is 0.991. The van der Waals surface area contributed by atoms with Crippen LogP contribution in [0.4, 0.5) is 11.4 Å². The van der Waals surface area contributed by atoms with Crippen LogP contribution in [0, 0.1) is 17.0 Å². The first-order chi connectivity index (χ1) is 9.47. The Bertz CT molecular complexity index is 589. The summed E-state index contributed by atoms with van der Waals surface area (Å²) >= 11 is 5.05. The van der Waals surface area contributed by atoms with Gasteiger partial charge in [0, 0.05) is 28.9 Å². The Morgan fingerprint density at radius 1 is 1.65 bits per heavy atom. The molecule has 0 atom stereocenters. The lowest BCUT2D eigenvalue weighted by Crippen LogP contribution is -2.25. The highest BCUT2D eigenvalue weighted by Crippen LogP contribution is 2.28. The molecule has 0 amide bonds. The molecule has 1 aromatic carbocycles. The molecule has 1 heterocycles. The van der Waals surface area contributed by atoms with Crippen LogP contribution >= 0.6 is 27.7 Å². The van der Waals surface area contributed by atoms with Gasteiger partial charge in [0.2, 0.25) is 0 Å². The second-order valence-corrected chi connectivity index (χ2v) is 6.59. The van der Waals surface area contributed by atoms with Crippen LogP contribution in [0.5, 0.6) is 0 Å². The summed E-state index contributed by atoms with van der Waals surface area (Å²) in [6.45, 7) is 7.33. The van der Waals surface area contributed by atoms with Crippen molar-refractivity contribution in [2.45, 2.75) is 6.92 Å². The van der Waals surface area contributed by atoms with Crippen molar-refractivity contribution in [3.05, 3.63) is 44.9 Å². The van der Waals surface area contributed by atoms with Crippen molar-refractivity contribution in [1.29, 1.82) is 0 Å². The van der Waals surface area contributed by atoms with Crippen molar-refractivity contribution >= 4 is 44.2 Å². The van der Waals surface area contributed by atoms with Crippen molar-refractivity contribution in [3.63, 3.8) is 0 Å². The summed E-state index contributed by atoms with van der Waals surface area (Å²) in [6.07, 6.45) is 0. The van der Waals surface area contributed by atoms with E-state index in [1.165, 1.54) is 6.07 Å². The average Bonchev–Trinajstić information content (AvgIpc) is 2.78. The van der Waals surface area contributed by atoms with Gasteiger partial charge >= 0.3 is 0 Å². The van der Waals surface area contributed by atoms with E-state index in [-0.39, 0.29) is 5.69 Å². The first-order valence-corrected chi connectivity index (χ1v) is 7.80. The highest BCUT2D eigenvalue weighted by atomic mass is 79.9. The number of aliphatic imine (C=N–C) groups is 1. The Morgan fingerprint density at radius 3 is 3.00 bits per heavy atom. The van der Waals surface area contributed by atoms with Crippen LogP contribution in [-0.4, -0.2) is 33.8 Å². The number of nitro groups is 1. The third kappa shape index (κ3) is 3.61. The number of aryl methyl sites for hydroxylation is 1. The summed E-state index contributed by atoms with van der Waals surface area (Å²) < 4.78 is 0.910. The van der Waals surface area contributed by atoms with Gasteiger partial charge in [0.25, 0.3) is 5.69 Å². The lowest BCUT2D eigenvalue weighted by molar-refractivity contribution is -0.384. The maximum absolute atomic E-state index is 10.7. The Hall–Kier alpha value is -1.34. The molecule has 0 saturated carbocycles. The van der Waals surface area contributed by atoms with Crippen LogP contribution < -0.4 is 0 Å². The molecule has 0 radical (unpaired) electrons. The number of amidine groups is 1. The number of hydrogen-bond donors (Lipinski definition) is 0. The summed E-state index contributed by atoms with van der Waals surface area (Å²) in [6, 6.07) is 4.73. The van der Waals surface area contributed by atoms with Crippen LogP contribution in [0.1, 0.15) is 5.56 Å². The first-order valence-electron chi connectivity index (χ1n) is 6.02. The van der Waals surface area contributed by atoms with E-state index in [0.717, 1.165) is 39.7 Å². The summed E-state index contributed by atoms with van der Waals surface area (Å²) in [5, 5.41) is 11.7. The normalized spacial score (nSPS) is 16.7. The predicted molar refractivity (Wildman–Crippen MR) is 87.0 cm³/mol. The molecule has 0 aromatic heterocycles. The minimum absolute atomic E-state index is 0.0937. The fourth-order valence-corrected chi connectivity index (χ4v) is 3.17. The molecule has 1 saturated heterocycles. The zero-order valence-corrected chi connectivity index (χ0v) is 13.4. The molecule has 0 bridgehead atoms. The van der Waals surface area contributed by atoms with E-state index in [2.05, 4.69) is 32.4 Å². The van der Waals surface area contributed by atoms with E-state index in [4.69, 9.17) is 0 Å². The highest BCUT2D eigenvalue weighted by Gasteiger charge is 2.20. The van der Waals surface area contributed by atoms with Crippen LogP contribution in [0.25, 0.3) is 0 Å². The maximum atomic E-state index is 10.7. The van der Waals surface area contributed by atoms with E-state index in [1.54, 1.807) is 23.9 Å². The van der Waals surface area contributed by atoms with E-state index >= 15 is 0 Å². The van der Waals surface area contributed by atoms with E-state index in [9.17, 15) is 10.1 Å². The Balaban J connectivity index is 2.25. The molecule has 20 heavy (non-hydrogen) atoms. The molecule has 7 heteroatoms. The fraction of sp³-hybridized carbons (Fsp3) is 0.308. The topological polar surface area (TPSA) is 58.7 Å². The van der Waals surface area contributed by atoms with E-state index in [0.29, 0.717) is 0 Å². The summed E-state index contributed by atoms with van der Waals surface area (Å²) in [4.78, 5) is 17.1. The Kier molecular flexibility index (Phi) is 4.82. The van der Waals surface area contributed by atoms with Gasteiger partial charge in [-0.05, 0) is 18.6 Å². The molecule has 0 N–H and O–H groups in total. The minimum atomic E-state index is -0.393. The predicted octanol–water partition coefficient (Wildman–Crippen LogP) is 3.85. The van der Waals surface area contributed by atoms with Crippen LogP contribution in [0.15, 0.2) is 34.3 Å². The van der Waals surface area contributed by atoms with Gasteiger partial charge in [-0.1, -0.05) is 34.3 Å². The molecule has 0 spiro atoms. The second-order valence-electron chi connectivity index (χ2n) is 4.41. The largest absolute Gasteiger partial charge is 0.346 e. The van der Waals surface area contributed by atoms with Crippen LogP contribution in [0.2, 0.25) is 0 Å². The molecular formula is C13H14BrN3O2S. The summed E-state index contributed by atoms with van der Waals surface area (Å²) in [7, 11) is 0. The zero-order chi connectivity index (χ0) is 14.7. The number of thioether (sulfide) groups is 1. The number of nitrogens with zero attached hydrogens (tertiary/aromatic N) is 3. The van der Waals surface area contributed by atoms with Crippen LogP contribution in [-0.2, 0) is 0 Å². The third-order valence-corrected chi connectivity index (χ3v) is 4.08. The molecule has 1 aliphatic rings. The zero-order valence-electron chi connectivity index (χ0n) is 11.0. The van der Waals surface area contributed by atoms with Gasteiger partial charge in [-0.15, -0.1) is 0 Å². The van der Waals surface area contributed by atoms with E-state index < -0.39 is 4.92 Å². The smallest absolute Gasteiger partial charge is 0.269 e. The van der Waals surface area contributed by atoms with Gasteiger partial charge in [-0.2, -0.15) is 0 Å². The number of hydrogen-bond acceptors (Lipinski definition) is 4. The van der Waals surface area contributed by atoms with Crippen molar-refractivity contribution in [1.82, 2.24) is 4.90 Å². The number of halogens is 1. The molecule has 0 unspecified atom stereocenters. The standard InChI is InChI=1S/C13H14BrN3O2S/c1-9-7-11(17(18)19)3-4-12(9)15-13-16(5-6-20-13)8-10(2)14/h3-4,7H,2,5-6,8H2,1H3. The molecule has 5 nitrogen and oxygen atoms in total. The highest BCUT2D eigenvalue weighted by molar-refractivity contribution is 9.11. The number of rotatable bonds is 4. The monoisotopic (exact) mass is 355 g/mol. The average molecular weight is 356 g/mol. The third-order valence-electron chi connectivity index (χ3n) is 2.83. The van der Waals surface area contributed by atoms with Crippen molar-refractivity contribution in [2.75, 3.05) is 18.8 Å². The minimum Gasteiger partial charge on any atom is -0.346 e.